The van der Waals surface area contributed by atoms with Crippen LogP contribution in [0.1, 0.15) is 25.0 Å². The second kappa shape index (κ2) is 13.6. The van der Waals surface area contributed by atoms with E-state index in [1.807, 2.05) is 29.2 Å². The summed E-state index contributed by atoms with van der Waals surface area (Å²) in [5.74, 6) is 0.628. The molecule has 4 aliphatic rings. The molecule has 2 aromatic rings. The molecule has 1 amide bonds. The van der Waals surface area contributed by atoms with Crippen LogP contribution < -0.4 is 10.9 Å². The number of aromatic amines is 1. The van der Waals surface area contributed by atoms with Crippen LogP contribution in [-0.4, -0.2) is 127 Å². The van der Waals surface area contributed by atoms with E-state index in [9.17, 15) is 14.0 Å². The lowest BCUT2D eigenvalue weighted by molar-refractivity contribution is -0.129. The summed E-state index contributed by atoms with van der Waals surface area (Å²) in [7, 11) is 0. The predicted molar refractivity (Wildman–Crippen MR) is 163 cm³/mol. The molecule has 6 rings (SSSR count). The van der Waals surface area contributed by atoms with Gasteiger partial charge in [0.1, 0.15) is 6.17 Å². The Bertz CT molecular complexity index is 1350. The number of halogens is 1. The van der Waals surface area contributed by atoms with E-state index >= 15 is 0 Å². The van der Waals surface area contributed by atoms with E-state index in [1.54, 1.807) is 12.1 Å². The van der Waals surface area contributed by atoms with E-state index in [4.69, 9.17) is 0 Å². The molecule has 1 unspecified atom stereocenters. The number of allylic oxidation sites excluding steroid dienone is 3. The monoisotopic (exact) mass is 577 g/mol. The Labute approximate surface area is 247 Å². The SMILES string of the molecule is O=C(C1=CC(Cc2n[nH]c(=O)c3ccccc23)=CCC1F)N1CCN(CCN2CCC(CN3CCNCC3)CC2)CC1. The van der Waals surface area contributed by atoms with Gasteiger partial charge in [-0.2, -0.15) is 5.10 Å². The standard InChI is InChI=1S/C32H44FN7O2/c33-29-6-5-25(22-30-26-3-1-2-4-27(26)31(41)36-35-30)21-28(29)32(42)40-19-17-38(18-20-40)16-15-37-11-7-24(8-12-37)23-39-13-9-34-10-14-39/h1-5,21,24,29,34H,6-20,22-23H2,(H,36,41). The van der Waals surface area contributed by atoms with Crippen LogP contribution in [0.3, 0.4) is 0 Å². The number of rotatable bonds is 8. The number of nitrogens with zero attached hydrogens (tertiary/aromatic N) is 5. The first-order valence-corrected chi connectivity index (χ1v) is 15.7. The molecule has 3 saturated heterocycles. The third-order valence-corrected chi connectivity index (χ3v) is 9.48. The second-order valence-electron chi connectivity index (χ2n) is 12.3. The van der Waals surface area contributed by atoms with Crippen LogP contribution in [-0.2, 0) is 11.2 Å². The first-order chi connectivity index (χ1) is 20.5. The second-order valence-corrected chi connectivity index (χ2v) is 12.3. The van der Waals surface area contributed by atoms with Crippen LogP contribution in [0.25, 0.3) is 10.8 Å². The highest BCUT2D eigenvalue weighted by Gasteiger charge is 2.30. The van der Waals surface area contributed by atoms with Crippen LogP contribution in [0.4, 0.5) is 4.39 Å². The van der Waals surface area contributed by atoms with Crippen molar-refractivity contribution in [2.24, 2.45) is 5.92 Å². The number of hydrogen-bond acceptors (Lipinski definition) is 7. The Balaban J connectivity index is 0.966. The molecule has 0 spiro atoms. The molecule has 3 fully saturated rings. The van der Waals surface area contributed by atoms with Crippen molar-refractivity contribution < 1.29 is 9.18 Å². The van der Waals surface area contributed by atoms with Crippen molar-refractivity contribution >= 4 is 16.7 Å². The number of nitrogens with one attached hydrogen (secondary N) is 2. The van der Waals surface area contributed by atoms with Gasteiger partial charge in [0, 0.05) is 90.2 Å². The number of alkyl halides is 1. The zero-order valence-electron chi connectivity index (χ0n) is 24.6. The highest BCUT2D eigenvalue weighted by atomic mass is 19.1. The summed E-state index contributed by atoms with van der Waals surface area (Å²) < 4.78 is 15.0. The van der Waals surface area contributed by atoms with Gasteiger partial charge in [0.25, 0.3) is 11.5 Å². The summed E-state index contributed by atoms with van der Waals surface area (Å²) in [4.78, 5) is 35.0. The van der Waals surface area contributed by atoms with Crippen LogP contribution in [0.2, 0.25) is 0 Å². The summed E-state index contributed by atoms with van der Waals surface area (Å²) in [5, 5.41) is 11.6. The maximum absolute atomic E-state index is 15.0. The molecule has 42 heavy (non-hydrogen) atoms. The number of amides is 1. The molecule has 1 aliphatic carbocycles. The third-order valence-electron chi connectivity index (χ3n) is 9.48. The lowest BCUT2D eigenvalue weighted by Gasteiger charge is -2.39. The lowest BCUT2D eigenvalue weighted by Crippen LogP contribution is -2.51. The summed E-state index contributed by atoms with van der Waals surface area (Å²) in [6, 6.07) is 7.35. The molecule has 9 nitrogen and oxygen atoms in total. The number of piperidine rings is 1. The molecule has 1 atom stereocenters. The predicted octanol–water partition coefficient (Wildman–Crippen LogP) is 1.82. The summed E-state index contributed by atoms with van der Waals surface area (Å²) in [5.41, 5.74) is 1.58. The molecule has 10 heteroatoms. The largest absolute Gasteiger partial charge is 0.336 e. The molecule has 226 valence electrons. The maximum Gasteiger partial charge on any atom is 0.272 e. The minimum atomic E-state index is -1.30. The van der Waals surface area contributed by atoms with E-state index in [2.05, 4.69) is 30.2 Å². The fourth-order valence-corrected chi connectivity index (χ4v) is 6.84. The van der Waals surface area contributed by atoms with Gasteiger partial charge in [-0.15, -0.1) is 0 Å². The van der Waals surface area contributed by atoms with Gasteiger partial charge in [-0.3, -0.25) is 14.5 Å². The van der Waals surface area contributed by atoms with E-state index in [1.165, 1.54) is 45.6 Å². The van der Waals surface area contributed by atoms with Gasteiger partial charge < -0.3 is 20.0 Å². The number of fused-ring (bicyclic) bond motifs is 1. The topological polar surface area (TPSA) is 87.8 Å². The fraction of sp³-hybridized carbons (Fsp3) is 0.594. The normalized spacial score (nSPS) is 23.6. The van der Waals surface area contributed by atoms with Crippen molar-refractivity contribution in [2.75, 3.05) is 85.1 Å². The molecule has 0 radical (unpaired) electrons. The van der Waals surface area contributed by atoms with Crippen LogP contribution >= 0.6 is 0 Å². The summed E-state index contributed by atoms with van der Waals surface area (Å²) in [6.07, 6.45) is 5.44. The molecule has 3 aliphatic heterocycles. The van der Waals surface area contributed by atoms with Crippen molar-refractivity contribution in [1.29, 1.82) is 0 Å². The molecule has 1 aromatic heterocycles. The third kappa shape index (κ3) is 6.99. The van der Waals surface area contributed by atoms with Crippen LogP contribution in [0, 0.1) is 5.92 Å². The van der Waals surface area contributed by atoms with Crippen molar-refractivity contribution in [3.63, 3.8) is 0 Å². The number of benzene rings is 1. The number of likely N-dealkylation sites (tertiary alicyclic amines) is 1. The summed E-state index contributed by atoms with van der Waals surface area (Å²) in [6.45, 7) is 13.2. The molecule has 4 heterocycles. The zero-order chi connectivity index (χ0) is 28.9. The first kappa shape index (κ1) is 29.2. The Morgan fingerprint density at radius 2 is 1.60 bits per heavy atom. The Morgan fingerprint density at radius 3 is 2.33 bits per heavy atom. The molecule has 1 aromatic carbocycles. The minimum absolute atomic E-state index is 0.181. The van der Waals surface area contributed by atoms with E-state index in [0.717, 1.165) is 56.1 Å². The quantitative estimate of drug-likeness (QED) is 0.495. The highest BCUT2D eigenvalue weighted by molar-refractivity contribution is 5.95. The van der Waals surface area contributed by atoms with Gasteiger partial charge in [0.15, 0.2) is 0 Å². The number of hydrogen-bond donors (Lipinski definition) is 2. The van der Waals surface area contributed by atoms with Gasteiger partial charge in [0.05, 0.1) is 16.7 Å². The highest BCUT2D eigenvalue weighted by Crippen LogP contribution is 2.26. The molecule has 0 bridgehead atoms. The number of carbonyl (C=O) groups is 1. The lowest BCUT2D eigenvalue weighted by atomic mass is 9.93. The first-order valence-electron chi connectivity index (χ1n) is 15.7. The van der Waals surface area contributed by atoms with E-state index in [-0.39, 0.29) is 23.5 Å². The zero-order valence-corrected chi connectivity index (χ0v) is 24.6. The molecule has 2 N–H and O–H groups in total. The molecular weight excluding hydrogens is 533 g/mol. The average molecular weight is 578 g/mol. The fourth-order valence-electron chi connectivity index (χ4n) is 6.84. The number of piperazine rings is 2. The molecular formula is C32H44FN7O2. The van der Waals surface area contributed by atoms with E-state index in [0.29, 0.717) is 30.6 Å². The van der Waals surface area contributed by atoms with Crippen molar-refractivity contribution in [2.45, 2.75) is 31.9 Å². The Morgan fingerprint density at radius 1 is 0.905 bits per heavy atom. The number of aromatic nitrogens is 2. The average Bonchev–Trinajstić information content (AvgIpc) is 3.03. The smallest absolute Gasteiger partial charge is 0.272 e. The number of H-pyrrole nitrogens is 1. The van der Waals surface area contributed by atoms with Gasteiger partial charge in [-0.25, -0.2) is 9.49 Å². The Kier molecular flexibility index (Phi) is 9.43. The van der Waals surface area contributed by atoms with Crippen LogP contribution in [0.15, 0.2) is 52.4 Å². The van der Waals surface area contributed by atoms with Crippen LogP contribution in [0.5, 0.6) is 0 Å². The number of carbonyl (C=O) groups excluding carboxylic acids is 1. The maximum atomic E-state index is 15.0. The van der Waals surface area contributed by atoms with Gasteiger partial charge in [-0.05, 0) is 49.6 Å². The van der Waals surface area contributed by atoms with Crippen molar-refractivity contribution in [1.82, 2.24) is 35.1 Å². The van der Waals surface area contributed by atoms with Gasteiger partial charge in [0.2, 0.25) is 0 Å². The van der Waals surface area contributed by atoms with Crippen molar-refractivity contribution in [3.8, 4) is 0 Å². The van der Waals surface area contributed by atoms with Gasteiger partial charge in [-0.1, -0.05) is 24.3 Å². The molecule has 0 saturated carbocycles. The Hall–Kier alpha value is -2.92. The van der Waals surface area contributed by atoms with Gasteiger partial charge >= 0.3 is 0 Å². The van der Waals surface area contributed by atoms with Crippen molar-refractivity contribution in [3.05, 3.63) is 63.6 Å². The minimum Gasteiger partial charge on any atom is -0.336 e. The van der Waals surface area contributed by atoms with E-state index < -0.39 is 6.17 Å². The summed E-state index contributed by atoms with van der Waals surface area (Å²) >= 11 is 0.